The molecule has 0 atom stereocenters. The molecule has 0 radical (unpaired) electrons. The molecule has 0 aliphatic heterocycles. The molecule has 1 N–H and O–H groups in total. The van der Waals surface area contributed by atoms with Crippen molar-refractivity contribution in [2.24, 2.45) is 0 Å². The molecule has 0 unspecified atom stereocenters. The van der Waals surface area contributed by atoms with E-state index in [1.807, 2.05) is 0 Å². The number of nitrogens with one attached hydrogen (secondary N) is 1. The van der Waals surface area contributed by atoms with E-state index in [1.165, 1.54) is 37.7 Å². The van der Waals surface area contributed by atoms with Crippen molar-refractivity contribution in [3.05, 3.63) is 51.5 Å². The minimum Gasteiger partial charge on any atom is -0.495 e. The van der Waals surface area contributed by atoms with Crippen LogP contribution in [0.2, 0.25) is 5.02 Å². The highest BCUT2D eigenvalue weighted by Gasteiger charge is 2.14. The second kappa shape index (κ2) is 7.54. The molecule has 1 heterocycles. The third kappa shape index (κ3) is 3.68. The SMILES string of the molecule is COc1cc(OC)c(Nc2nnc(-c3cccc([N+](=O)[O-])c3)s2)cc1Cl. The zero-order chi connectivity index (χ0) is 18.7. The van der Waals surface area contributed by atoms with E-state index in [-0.39, 0.29) is 5.69 Å². The fourth-order valence-electron chi connectivity index (χ4n) is 2.22. The van der Waals surface area contributed by atoms with Gasteiger partial charge in [-0.05, 0) is 6.07 Å². The van der Waals surface area contributed by atoms with Gasteiger partial charge in [-0.1, -0.05) is 35.1 Å². The van der Waals surface area contributed by atoms with Crippen LogP contribution >= 0.6 is 22.9 Å². The number of rotatable bonds is 6. The van der Waals surface area contributed by atoms with Crippen molar-refractivity contribution in [2.75, 3.05) is 19.5 Å². The van der Waals surface area contributed by atoms with Gasteiger partial charge in [-0.25, -0.2) is 0 Å². The van der Waals surface area contributed by atoms with E-state index in [2.05, 4.69) is 15.5 Å². The number of aromatic nitrogens is 2. The largest absolute Gasteiger partial charge is 0.495 e. The lowest BCUT2D eigenvalue weighted by Crippen LogP contribution is -1.96. The lowest BCUT2D eigenvalue weighted by atomic mass is 10.2. The van der Waals surface area contributed by atoms with Crippen molar-refractivity contribution < 1.29 is 14.4 Å². The van der Waals surface area contributed by atoms with E-state index in [0.29, 0.717) is 37.9 Å². The molecule has 0 saturated heterocycles. The van der Waals surface area contributed by atoms with Gasteiger partial charge in [-0.2, -0.15) is 0 Å². The molecular formula is C16H13ClN4O4S. The normalized spacial score (nSPS) is 10.4. The van der Waals surface area contributed by atoms with Crippen LogP contribution < -0.4 is 14.8 Å². The number of hydrogen-bond donors (Lipinski definition) is 1. The van der Waals surface area contributed by atoms with E-state index in [1.54, 1.807) is 24.3 Å². The van der Waals surface area contributed by atoms with Crippen molar-refractivity contribution in [1.29, 1.82) is 0 Å². The first-order chi connectivity index (χ1) is 12.5. The summed E-state index contributed by atoms with van der Waals surface area (Å²) in [5.74, 6) is 1.02. The molecule has 0 aliphatic carbocycles. The first-order valence-corrected chi connectivity index (χ1v) is 8.48. The quantitative estimate of drug-likeness (QED) is 0.486. The topological polar surface area (TPSA) is 99.4 Å². The van der Waals surface area contributed by atoms with Gasteiger partial charge in [0, 0.05) is 23.8 Å². The average molecular weight is 393 g/mol. The molecule has 0 aliphatic rings. The highest BCUT2D eigenvalue weighted by Crippen LogP contribution is 2.38. The molecule has 2 aromatic carbocycles. The predicted molar refractivity (Wildman–Crippen MR) is 99.8 cm³/mol. The second-order valence-corrected chi connectivity index (χ2v) is 6.42. The molecule has 0 amide bonds. The number of non-ortho nitro benzene ring substituents is 1. The van der Waals surface area contributed by atoms with E-state index < -0.39 is 4.92 Å². The smallest absolute Gasteiger partial charge is 0.270 e. The molecule has 26 heavy (non-hydrogen) atoms. The number of hydrogen-bond acceptors (Lipinski definition) is 8. The molecule has 0 bridgehead atoms. The number of ether oxygens (including phenoxy) is 2. The van der Waals surface area contributed by atoms with Crippen LogP contribution in [0.1, 0.15) is 0 Å². The molecule has 8 nitrogen and oxygen atoms in total. The lowest BCUT2D eigenvalue weighted by molar-refractivity contribution is -0.384. The van der Waals surface area contributed by atoms with E-state index >= 15 is 0 Å². The number of benzene rings is 2. The first kappa shape index (κ1) is 17.9. The minimum atomic E-state index is -0.450. The molecule has 0 fully saturated rings. The number of nitro groups is 1. The van der Waals surface area contributed by atoms with Gasteiger partial charge >= 0.3 is 0 Å². The summed E-state index contributed by atoms with van der Waals surface area (Å²) in [5.41, 5.74) is 1.21. The lowest BCUT2D eigenvalue weighted by Gasteiger charge is -2.12. The number of nitro benzene ring substituents is 1. The van der Waals surface area contributed by atoms with Crippen LogP contribution in [0, 0.1) is 10.1 Å². The van der Waals surface area contributed by atoms with E-state index in [4.69, 9.17) is 21.1 Å². The Morgan fingerprint density at radius 2 is 1.92 bits per heavy atom. The predicted octanol–water partition coefficient (Wildman–Crippen LogP) is 4.53. The number of anilines is 2. The molecule has 3 rings (SSSR count). The third-order valence-corrected chi connectivity index (χ3v) is 4.63. The van der Waals surface area contributed by atoms with Crippen LogP contribution in [0.4, 0.5) is 16.5 Å². The maximum absolute atomic E-state index is 10.9. The van der Waals surface area contributed by atoms with E-state index in [9.17, 15) is 10.1 Å². The summed E-state index contributed by atoms with van der Waals surface area (Å²) in [6, 6.07) is 9.54. The molecule has 1 aromatic heterocycles. The molecule has 3 aromatic rings. The Bertz CT molecular complexity index is 963. The Hall–Kier alpha value is -2.91. The summed E-state index contributed by atoms with van der Waals surface area (Å²) in [4.78, 5) is 10.5. The van der Waals surface area contributed by atoms with Crippen LogP contribution in [0.25, 0.3) is 10.6 Å². The van der Waals surface area contributed by atoms with Gasteiger partial charge in [0.25, 0.3) is 5.69 Å². The Labute approximate surface area is 157 Å². The van der Waals surface area contributed by atoms with Crippen molar-refractivity contribution in [3.63, 3.8) is 0 Å². The van der Waals surface area contributed by atoms with E-state index in [0.717, 1.165) is 0 Å². The number of halogens is 1. The van der Waals surface area contributed by atoms with Gasteiger partial charge in [-0.15, -0.1) is 10.2 Å². The van der Waals surface area contributed by atoms with Gasteiger partial charge in [0.05, 0.1) is 29.9 Å². The second-order valence-electron chi connectivity index (χ2n) is 5.03. The summed E-state index contributed by atoms with van der Waals surface area (Å²) in [6.45, 7) is 0. The fraction of sp³-hybridized carbons (Fsp3) is 0.125. The van der Waals surface area contributed by atoms with Crippen LogP contribution in [-0.4, -0.2) is 29.3 Å². The Morgan fingerprint density at radius 3 is 2.62 bits per heavy atom. The minimum absolute atomic E-state index is 0.00388. The monoisotopic (exact) mass is 392 g/mol. The van der Waals surface area contributed by atoms with Gasteiger partial charge < -0.3 is 14.8 Å². The Balaban J connectivity index is 1.88. The van der Waals surface area contributed by atoms with Crippen LogP contribution in [0.3, 0.4) is 0 Å². The molecule has 10 heteroatoms. The van der Waals surface area contributed by atoms with Crippen LogP contribution in [0.5, 0.6) is 11.5 Å². The Morgan fingerprint density at radius 1 is 1.15 bits per heavy atom. The maximum atomic E-state index is 10.9. The standard InChI is InChI=1S/C16H13ClN4O4S/c1-24-13-8-14(25-2)12(7-11(13)17)18-16-20-19-15(26-16)9-4-3-5-10(6-9)21(22)23/h3-8H,1-2H3,(H,18,20). The van der Waals surface area contributed by atoms with Crippen molar-refractivity contribution in [2.45, 2.75) is 0 Å². The van der Waals surface area contributed by atoms with Crippen molar-refractivity contribution in [1.82, 2.24) is 10.2 Å². The van der Waals surface area contributed by atoms with Crippen LogP contribution in [0.15, 0.2) is 36.4 Å². The Kier molecular flexibility index (Phi) is 5.19. The first-order valence-electron chi connectivity index (χ1n) is 7.28. The summed E-state index contributed by atoms with van der Waals surface area (Å²) in [7, 11) is 3.05. The van der Waals surface area contributed by atoms with Gasteiger partial charge in [-0.3, -0.25) is 10.1 Å². The zero-order valence-electron chi connectivity index (χ0n) is 13.7. The van der Waals surface area contributed by atoms with Crippen molar-refractivity contribution >= 4 is 39.4 Å². The summed E-state index contributed by atoms with van der Waals surface area (Å²) >= 11 is 7.41. The summed E-state index contributed by atoms with van der Waals surface area (Å²) in [6.07, 6.45) is 0. The fourth-order valence-corrected chi connectivity index (χ4v) is 3.21. The summed E-state index contributed by atoms with van der Waals surface area (Å²) in [5, 5.41) is 23.6. The molecule has 0 saturated carbocycles. The highest BCUT2D eigenvalue weighted by molar-refractivity contribution is 7.18. The molecule has 0 spiro atoms. The highest BCUT2D eigenvalue weighted by atomic mass is 35.5. The average Bonchev–Trinajstić information content (AvgIpc) is 3.10. The van der Waals surface area contributed by atoms with Gasteiger partial charge in [0.1, 0.15) is 16.5 Å². The van der Waals surface area contributed by atoms with Gasteiger partial charge in [0.15, 0.2) is 0 Å². The third-order valence-electron chi connectivity index (χ3n) is 3.44. The molecular weight excluding hydrogens is 380 g/mol. The number of methoxy groups -OCH3 is 2. The number of nitrogens with zero attached hydrogens (tertiary/aromatic N) is 3. The van der Waals surface area contributed by atoms with Crippen LogP contribution in [-0.2, 0) is 0 Å². The maximum Gasteiger partial charge on any atom is 0.270 e. The summed E-state index contributed by atoms with van der Waals surface area (Å²) < 4.78 is 10.5. The zero-order valence-corrected chi connectivity index (χ0v) is 15.3. The molecule has 134 valence electrons. The van der Waals surface area contributed by atoms with Crippen molar-refractivity contribution in [3.8, 4) is 22.1 Å². The van der Waals surface area contributed by atoms with Gasteiger partial charge in [0.2, 0.25) is 5.13 Å².